The second-order valence-corrected chi connectivity index (χ2v) is 5.95. The van der Waals surface area contributed by atoms with Gasteiger partial charge in [0, 0.05) is 17.8 Å². The zero-order chi connectivity index (χ0) is 14.3. The van der Waals surface area contributed by atoms with Crippen molar-refractivity contribution in [2.45, 2.75) is 25.3 Å². The summed E-state index contributed by atoms with van der Waals surface area (Å²) in [6.45, 7) is 3.26. The van der Waals surface area contributed by atoms with Gasteiger partial charge in [-0.25, -0.2) is 0 Å². The number of aromatic nitrogens is 1. The summed E-state index contributed by atoms with van der Waals surface area (Å²) in [5, 5.41) is 3.53. The normalized spacial score (nSPS) is 20.0. The number of furan rings is 1. The Morgan fingerprint density at radius 3 is 2.57 bits per heavy atom. The Hall–Kier alpha value is -1.55. The summed E-state index contributed by atoms with van der Waals surface area (Å²) in [6, 6.07) is 14.4. The lowest BCUT2D eigenvalue weighted by Crippen LogP contribution is -2.32. The van der Waals surface area contributed by atoms with Gasteiger partial charge in [-0.1, -0.05) is 30.3 Å². The first kappa shape index (κ1) is 17.8. The van der Waals surface area contributed by atoms with Crippen molar-refractivity contribution < 1.29 is 4.42 Å². The highest BCUT2D eigenvalue weighted by molar-refractivity contribution is 5.85. The van der Waals surface area contributed by atoms with Crippen molar-refractivity contribution in [3.63, 3.8) is 0 Å². The summed E-state index contributed by atoms with van der Waals surface area (Å²) >= 11 is 0. The molecule has 0 unspecified atom stereocenters. The number of fused-ring (bicyclic) bond motifs is 1. The van der Waals surface area contributed by atoms with E-state index < -0.39 is 0 Å². The maximum atomic E-state index is 6.09. The topological polar surface area (TPSA) is 38.1 Å². The van der Waals surface area contributed by atoms with Crippen molar-refractivity contribution >= 4 is 35.9 Å². The minimum absolute atomic E-state index is 0. The molecule has 122 valence electrons. The number of pyridine rings is 1. The lowest BCUT2D eigenvalue weighted by atomic mass is 9.97. The fourth-order valence-electron chi connectivity index (χ4n) is 3.08. The average molecular weight is 351 g/mol. The summed E-state index contributed by atoms with van der Waals surface area (Å²) in [6.07, 6.45) is 4.22. The number of benzene rings is 1. The zero-order valence-corrected chi connectivity index (χ0v) is 14.5. The molecule has 3 aromatic rings. The highest BCUT2D eigenvalue weighted by atomic mass is 35.5. The quantitative estimate of drug-likeness (QED) is 0.711. The molecule has 1 aliphatic heterocycles. The van der Waals surface area contributed by atoms with Crippen LogP contribution in [-0.4, -0.2) is 11.5 Å². The van der Waals surface area contributed by atoms with Gasteiger partial charge >= 0.3 is 0 Å². The van der Waals surface area contributed by atoms with Gasteiger partial charge in [-0.3, -0.25) is 4.98 Å². The lowest BCUT2D eigenvalue weighted by Gasteiger charge is -2.20. The van der Waals surface area contributed by atoms with Crippen molar-refractivity contribution in [1.82, 2.24) is 10.3 Å². The van der Waals surface area contributed by atoms with E-state index >= 15 is 0 Å². The van der Waals surface area contributed by atoms with Crippen molar-refractivity contribution in [3.8, 4) is 11.1 Å². The Balaban J connectivity index is 0.000000960. The third kappa shape index (κ3) is 3.23. The number of halogens is 2. The summed E-state index contributed by atoms with van der Waals surface area (Å²) in [5.74, 6) is 0.993. The van der Waals surface area contributed by atoms with Gasteiger partial charge in [-0.15, -0.1) is 24.8 Å². The Kier molecular flexibility index (Phi) is 5.35. The predicted octanol–water partition coefficient (Wildman–Crippen LogP) is 4.94. The molecular formula is C18H20Cl2N2O. The Morgan fingerprint density at radius 2 is 1.87 bits per heavy atom. The van der Waals surface area contributed by atoms with Gasteiger partial charge in [0.2, 0.25) is 0 Å². The molecule has 1 saturated heterocycles. The first-order valence-corrected chi connectivity index (χ1v) is 7.45. The van der Waals surface area contributed by atoms with Crippen LogP contribution >= 0.6 is 24.8 Å². The first-order chi connectivity index (χ1) is 10.2. The Labute approximate surface area is 148 Å². The van der Waals surface area contributed by atoms with E-state index in [-0.39, 0.29) is 30.4 Å². The van der Waals surface area contributed by atoms with Crippen LogP contribution in [0.15, 0.2) is 53.1 Å². The van der Waals surface area contributed by atoms with E-state index in [2.05, 4.69) is 41.5 Å². The molecule has 5 heteroatoms. The number of hydrogen-bond acceptors (Lipinski definition) is 3. The van der Waals surface area contributed by atoms with Crippen molar-refractivity contribution in [2.24, 2.45) is 0 Å². The fourth-order valence-corrected chi connectivity index (χ4v) is 3.08. The van der Waals surface area contributed by atoms with Crippen molar-refractivity contribution in [1.29, 1.82) is 0 Å². The maximum absolute atomic E-state index is 6.09. The second kappa shape index (κ2) is 6.91. The molecule has 0 spiro atoms. The van der Waals surface area contributed by atoms with Gasteiger partial charge in [0.05, 0.1) is 5.54 Å². The predicted molar refractivity (Wildman–Crippen MR) is 98.5 cm³/mol. The fraction of sp³-hybridized carbons (Fsp3) is 0.278. The third-order valence-corrected chi connectivity index (χ3v) is 4.39. The van der Waals surface area contributed by atoms with Crippen LogP contribution in [0.2, 0.25) is 0 Å². The highest BCUT2D eigenvalue weighted by Crippen LogP contribution is 2.34. The van der Waals surface area contributed by atoms with Gasteiger partial charge in [-0.2, -0.15) is 0 Å². The van der Waals surface area contributed by atoms with E-state index in [9.17, 15) is 0 Å². The van der Waals surface area contributed by atoms with E-state index in [0.717, 1.165) is 41.0 Å². The minimum atomic E-state index is -0.0480. The van der Waals surface area contributed by atoms with Crippen LogP contribution in [0.25, 0.3) is 22.2 Å². The number of nitrogens with zero attached hydrogens (tertiary/aromatic N) is 1. The standard InChI is InChI=1S/C18H18N2O.2ClH/c1-18(8-5-9-20-18)17-11-15-16(21-17)10-14(12-19-15)13-6-3-2-4-7-13;;/h2-4,6-7,10-12,20H,5,8-9H2,1H3;2*1H/t18-;;/m0../s1. The zero-order valence-electron chi connectivity index (χ0n) is 12.9. The van der Waals surface area contributed by atoms with E-state index in [1.165, 1.54) is 6.42 Å². The molecule has 0 bridgehead atoms. The van der Waals surface area contributed by atoms with E-state index in [1.807, 2.05) is 24.4 Å². The molecule has 0 saturated carbocycles. The molecule has 1 atom stereocenters. The van der Waals surface area contributed by atoms with Crippen LogP contribution in [0.3, 0.4) is 0 Å². The van der Waals surface area contributed by atoms with Crippen LogP contribution in [0.1, 0.15) is 25.5 Å². The van der Waals surface area contributed by atoms with Crippen LogP contribution in [0.5, 0.6) is 0 Å². The van der Waals surface area contributed by atoms with Crippen LogP contribution in [-0.2, 0) is 5.54 Å². The summed E-state index contributed by atoms with van der Waals surface area (Å²) < 4.78 is 6.09. The Morgan fingerprint density at radius 1 is 1.09 bits per heavy atom. The summed E-state index contributed by atoms with van der Waals surface area (Å²) in [4.78, 5) is 4.56. The molecule has 1 fully saturated rings. The molecular weight excluding hydrogens is 331 g/mol. The SMILES string of the molecule is C[C@@]1(c2cc3ncc(-c4ccccc4)cc3o2)CCCN1.Cl.Cl. The number of nitrogens with one attached hydrogen (secondary N) is 1. The van der Waals surface area contributed by atoms with E-state index in [0.29, 0.717) is 0 Å². The largest absolute Gasteiger partial charge is 0.457 e. The van der Waals surface area contributed by atoms with Gasteiger partial charge in [0.15, 0.2) is 5.58 Å². The third-order valence-electron chi connectivity index (χ3n) is 4.39. The summed E-state index contributed by atoms with van der Waals surface area (Å²) in [5.41, 5.74) is 4.00. The molecule has 1 aromatic carbocycles. The maximum Gasteiger partial charge on any atom is 0.153 e. The minimum Gasteiger partial charge on any atom is -0.457 e. The highest BCUT2D eigenvalue weighted by Gasteiger charge is 2.33. The first-order valence-electron chi connectivity index (χ1n) is 7.45. The van der Waals surface area contributed by atoms with Gasteiger partial charge in [0.25, 0.3) is 0 Å². The average Bonchev–Trinajstić information content (AvgIpc) is 3.14. The van der Waals surface area contributed by atoms with Crippen molar-refractivity contribution in [2.75, 3.05) is 6.54 Å². The van der Waals surface area contributed by atoms with Gasteiger partial charge in [0.1, 0.15) is 11.3 Å². The smallest absolute Gasteiger partial charge is 0.153 e. The molecule has 4 rings (SSSR count). The number of hydrogen-bond donors (Lipinski definition) is 1. The van der Waals surface area contributed by atoms with Crippen molar-refractivity contribution in [3.05, 3.63) is 54.4 Å². The van der Waals surface area contributed by atoms with E-state index in [1.54, 1.807) is 0 Å². The molecule has 1 aliphatic rings. The van der Waals surface area contributed by atoms with E-state index in [4.69, 9.17) is 4.42 Å². The second-order valence-electron chi connectivity index (χ2n) is 5.95. The lowest BCUT2D eigenvalue weighted by molar-refractivity contribution is 0.346. The van der Waals surface area contributed by atoms with Gasteiger partial charge < -0.3 is 9.73 Å². The van der Waals surface area contributed by atoms with Gasteiger partial charge in [-0.05, 0) is 37.9 Å². The molecule has 0 aliphatic carbocycles. The molecule has 0 amide bonds. The van der Waals surface area contributed by atoms with Crippen LogP contribution in [0.4, 0.5) is 0 Å². The summed E-state index contributed by atoms with van der Waals surface area (Å²) in [7, 11) is 0. The molecule has 3 heterocycles. The Bertz CT molecular complexity index is 780. The molecule has 3 nitrogen and oxygen atoms in total. The molecule has 2 aromatic heterocycles. The van der Waals surface area contributed by atoms with Crippen LogP contribution in [0, 0.1) is 0 Å². The molecule has 1 N–H and O–H groups in total. The monoisotopic (exact) mass is 350 g/mol. The molecule has 23 heavy (non-hydrogen) atoms. The van der Waals surface area contributed by atoms with Crippen LogP contribution < -0.4 is 5.32 Å². The molecule has 0 radical (unpaired) electrons. The number of rotatable bonds is 2.